The van der Waals surface area contributed by atoms with Crippen molar-refractivity contribution in [1.29, 1.82) is 0 Å². The van der Waals surface area contributed by atoms with Gasteiger partial charge in [-0.05, 0) is 38.5 Å². The van der Waals surface area contributed by atoms with Gasteiger partial charge in [0.1, 0.15) is 6.10 Å². The van der Waals surface area contributed by atoms with E-state index in [-0.39, 0.29) is 32.3 Å². The van der Waals surface area contributed by atoms with Crippen molar-refractivity contribution in [1.82, 2.24) is 0 Å². The van der Waals surface area contributed by atoms with Crippen LogP contribution >= 0.6 is 7.82 Å². The molecule has 0 rings (SSSR count). The van der Waals surface area contributed by atoms with Gasteiger partial charge in [-0.3, -0.25) is 13.8 Å². The van der Waals surface area contributed by atoms with Crippen molar-refractivity contribution < 1.29 is 32.8 Å². The van der Waals surface area contributed by atoms with Crippen LogP contribution in [-0.2, 0) is 27.9 Å². The number of ether oxygens (including phenoxy) is 2. The molecule has 0 saturated carbocycles. The Hall–Kier alpha value is -1.02. The highest BCUT2D eigenvalue weighted by molar-refractivity contribution is 7.47. The van der Waals surface area contributed by atoms with Gasteiger partial charge in [0.05, 0.1) is 19.8 Å². The summed E-state index contributed by atoms with van der Waals surface area (Å²) in [6, 6.07) is 0. The van der Waals surface area contributed by atoms with E-state index >= 15 is 0 Å². The predicted molar refractivity (Wildman–Crippen MR) is 220 cm³/mol. The number of nitrogens with two attached hydrogens (primary N) is 1. The molecule has 0 aliphatic heterocycles. The molecule has 0 spiro atoms. The summed E-state index contributed by atoms with van der Waals surface area (Å²) >= 11 is 0. The summed E-state index contributed by atoms with van der Waals surface area (Å²) in [5.74, 6) is -0.342. The lowest BCUT2D eigenvalue weighted by Crippen LogP contribution is -2.28. The molecule has 0 fully saturated rings. The summed E-state index contributed by atoms with van der Waals surface area (Å²) in [6.45, 7) is 4.87. The van der Waals surface area contributed by atoms with Crippen LogP contribution in [-0.4, -0.2) is 49.9 Å². The van der Waals surface area contributed by atoms with Crippen LogP contribution < -0.4 is 5.73 Å². The number of unbranched alkanes of at least 4 members (excludes halogenated alkanes) is 25. The molecule has 0 amide bonds. The number of hydrogen-bond acceptors (Lipinski definition) is 7. The summed E-state index contributed by atoms with van der Waals surface area (Å²) in [7, 11) is -4.27. The Morgan fingerprint density at radius 2 is 1.06 bits per heavy atom. The summed E-state index contributed by atoms with van der Waals surface area (Å²) in [5, 5.41) is 0. The first kappa shape index (κ1) is 51.0. The first-order chi connectivity index (χ1) is 25.4. The number of rotatable bonds is 42. The van der Waals surface area contributed by atoms with E-state index < -0.39 is 13.9 Å². The number of esters is 1. The van der Waals surface area contributed by atoms with Gasteiger partial charge in [-0.1, -0.05) is 186 Å². The summed E-state index contributed by atoms with van der Waals surface area (Å²) in [5.41, 5.74) is 5.36. The Balaban J connectivity index is 3.96. The molecule has 0 aliphatic carbocycles. The molecule has 0 aromatic carbocycles. The van der Waals surface area contributed by atoms with Crippen molar-refractivity contribution in [3.8, 4) is 0 Å². The third kappa shape index (κ3) is 40.2. The largest absolute Gasteiger partial charge is 0.472 e. The zero-order chi connectivity index (χ0) is 38.1. The number of phosphoric acid groups is 1. The third-order valence-electron chi connectivity index (χ3n) is 9.35. The van der Waals surface area contributed by atoms with E-state index in [0.717, 1.165) is 64.2 Å². The van der Waals surface area contributed by atoms with Crippen LogP contribution in [0.25, 0.3) is 0 Å². The van der Waals surface area contributed by atoms with Crippen molar-refractivity contribution >= 4 is 13.8 Å². The van der Waals surface area contributed by atoms with Crippen LogP contribution in [0.1, 0.15) is 206 Å². The van der Waals surface area contributed by atoms with Crippen molar-refractivity contribution in [3.05, 3.63) is 24.3 Å². The fraction of sp³-hybridized carbons (Fsp3) is 0.884. The van der Waals surface area contributed by atoms with Crippen LogP contribution in [0.2, 0.25) is 0 Å². The molecule has 8 nitrogen and oxygen atoms in total. The monoisotopic (exact) mass is 758 g/mol. The van der Waals surface area contributed by atoms with E-state index in [9.17, 15) is 14.3 Å². The molecule has 9 heteroatoms. The minimum atomic E-state index is -4.27. The first-order valence-electron chi connectivity index (χ1n) is 21.8. The normalized spacial score (nSPS) is 13.7. The Morgan fingerprint density at radius 1 is 0.577 bits per heavy atom. The van der Waals surface area contributed by atoms with Gasteiger partial charge < -0.3 is 20.1 Å². The van der Waals surface area contributed by atoms with Crippen molar-refractivity contribution in [2.75, 3.05) is 33.0 Å². The van der Waals surface area contributed by atoms with Crippen LogP contribution in [0.15, 0.2) is 24.3 Å². The molecule has 0 bridgehead atoms. The highest BCUT2D eigenvalue weighted by atomic mass is 31.2. The van der Waals surface area contributed by atoms with E-state index in [4.69, 9.17) is 24.3 Å². The second kappa shape index (κ2) is 41.1. The van der Waals surface area contributed by atoms with Crippen LogP contribution in [0.3, 0.4) is 0 Å². The van der Waals surface area contributed by atoms with E-state index in [1.807, 2.05) is 0 Å². The van der Waals surface area contributed by atoms with Crippen LogP contribution in [0, 0.1) is 0 Å². The minimum absolute atomic E-state index is 0.0964. The number of allylic oxidation sites excluding steroid dienone is 4. The molecule has 0 radical (unpaired) electrons. The van der Waals surface area contributed by atoms with Gasteiger partial charge in [0.25, 0.3) is 0 Å². The molecular formula is C43H84NO7P. The lowest BCUT2D eigenvalue weighted by molar-refractivity contribution is -0.154. The Kier molecular flexibility index (Phi) is 40.3. The molecule has 0 heterocycles. The van der Waals surface area contributed by atoms with Gasteiger partial charge in [-0.15, -0.1) is 0 Å². The molecule has 308 valence electrons. The van der Waals surface area contributed by atoms with Crippen LogP contribution in [0.5, 0.6) is 0 Å². The second-order valence-corrected chi connectivity index (χ2v) is 16.0. The minimum Gasteiger partial charge on any atom is -0.457 e. The van der Waals surface area contributed by atoms with Gasteiger partial charge in [0, 0.05) is 19.6 Å². The lowest BCUT2D eigenvalue weighted by Gasteiger charge is -2.20. The highest BCUT2D eigenvalue weighted by Gasteiger charge is 2.25. The maximum atomic E-state index is 12.5. The maximum absolute atomic E-state index is 12.5. The van der Waals surface area contributed by atoms with E-state index in [1.165, 1.54) is 122 Å². The molecule has 0 aromatic heterocycles. The number of phosphoric ester groups is 1. The summed E-state index contributed by atoms with van der Waals surface area (Å²) in [4.78, 5) is 22.4. The van der Waals surface area contributed by atoms with Gasteiger partial charge in [-0.2, -0.15) is 0 Å². The average molecular weight is 758 g/mol. The first-order valence-corrected chi connectivity index (χ1v) is 23.3. The Morgan fingerprint density at radius 3 is 1.58 bits per heavy atom. The summed E-state index contributed by atoms with van der Waals surface area (Å²) < 4.78 is 33.4. The molecule has 0 saturated heterocycles. The fourth-order valence-electron chi connectivity index (χ4n) is 6.15. The van der Waals surface area contributed by atoms with Crippen LogP contribution in [0.4, 0.5) is 0 Å². The summed E-state index contributed by atoms with van der Waals surface area (Å²) in [6.07, 6.45) is 44.9. The van der Waals surface area contributed by atoms with E-state index in [0.29, 0.717) is 13.0 Å². The molecule has 2 atom stereocenters. The predicted octanol–water partition coefficient (Wildman–Crippen LogP) is 12.9. The lowest BCUT2D eigenvalue weighted by atomic mass is 10.0. The SMILES string of the molecule is CCC/C=C\C/C=C\CCCCCCCC(=O)OC(COCCCCCCCCCCCCCCCCCCCCCC)COP(=O)(O)OCCN. The molecule has 2 unspecified atom stereocenters. The molecular weight excluding hydrogens is 673 g/mol. The van der Waals surface area contributed by atoms with Crippen molar-refractivity contribution in [2.24, 2.45) is 5.73 Å². The average Bonchev–Trinajstić information content (AvgIpc) is 3.13. The second-order valence-electron chi connectivity index (χ2n) is 14.6. The zero-order valence-electron chi connectivity index (χ0n) is 34.1. The smallest absolute Gasteiger partial charge is 0.457 e. The molecule has 0 aliphatic rings. The zero-order valence-corrected chi connectivity index (χ0v) is 35.0. The van der Waals surface area contributed by atoms with Gasteiger partial charge in [0.15, 0.2) is 0 Å². The third-order valence-corrected chi connectivity index (χ3v) is 10.3. The van der Waals surface area contributed by atoms with E-state index in [1.54, 1.807) is 0 Å². The Labute approximate surface area is 321 Å². The van der Waals surface area contributed by atoms with Gasteiger partial charge in [-0.25, -0.2) is 4.57 Å². The number of carbonyl (C=O) groups excluding carboxylic acids is 1. The Bertz CT molecular complexity index is 853. The highest BCUT2D eigenvalue weighted by Crippen LogP contribution is 2.43. The van der Waals surface area contributed by atoms with Gasteiger partial charge >= 0.3 is 13.8 Å². The van der Waals surface area contributed by atoms with Gasteiger partial charge in [0.2, 0.25) is 0 Å². The van der Waals surface area contributed by atoms with Crippen molar-refractivity contribution in [3.63, 3.8) is 0 Å². The molecule has 52 heavy (non-hydrogen) atoms. The van der Waals surface area contributed by atoms with E-state index in [2.05, 4.69) is 38.2 Å². The number of hydrogen-bond donors (Lipinski definition) is 2. The number of carbonyl (C=O) groups is 1. The topological polar surface area (TPSA) is 117 Å². The van der Waals surface area contributed by atoms with Crippen molar-refractivity contribution in [2.45, 2.75) is 213 Å². The quantitative estimate of drug-likeness (QED) is 0.0273. The maximum Gasteiger partial charge on any atom is 0.472 e. The fourth-order valence-corrected chi connectivity index (χ4v) is 6.92. The standard InChI is InChI=1S/C43H84NO7P/c1-3-5-7-9-11-13-15-17-18-19-20-21-22-23-25-27-29-31-33-35-38-48-40-42(41-50-52(46,47)49-39-37-44)51-43(45)36-34-32-30-28-26-24-16-14-12-10-8-6-4-2/h8,10,14,16,42H,3-7,9,11-13,15,17-41,44H2,1-2H3,(H,46,47)/b10-8-,16-14-. The molecule has 0 aromatic rings. The molecule has 3 N–H and O–H groups in total.